The number of sulfonamides is 1. The highest BCUT2D eigenvalue weighted by atomic mass is 35.5. The second kappa shape index (κ2) is 9.23. The Bertz CT molecular complexity index is 756. The van der Waals surface area contributed by atoms with Gasteiger partial charge in [-0.05, 0) is 37.4 Å². The lowest BCUT2D eigenvalue weighted by Crippen LogP contribution is -2.42. The molecule has 2 N–H and O–H groups in total. The molecule has 1 unspecified atom stereocenters. The summed E-state index contributed by atoms with van der Waals surface area (Å²) in [5, 5.41) is 0.164. The quantitative estimate of drug-likeness (QED) is 0.776. The molecule has 0 bridgehead atoms. The minimum absolute atomic E-state index is 0. The molecule has 1 aromatic rings. The fraction of sp³-hybridized carbons (Fsp3) is 0.562. The van der Waals surface area contributed by atoms with E-state index in [0.29, 0.717) is 19.6 Å². The fourth-order valence-electron chi connectivity index (χ4n) is 2.95. The number of ether oxygens (including phenoxy) is 1. The van der Waals surface area contributed by atoms with Crippen molar-refractivity contribution in [2.75, 3.05) is 40.8 Å². The average Bonchev–Trinajstić information content (AvgIpc) is 2.60. The molecule has 7 nitrogen and oxygen atoms in total. The summed E-state index contributed by atoms with van der Waals surface area (Å²) in [6.45, 7) is 1.19. The third kappa shape index (κ3) is 4.61. The summed E-state index contributed by atoms with van der Waals surface area (Å²) in [7, 11) is 0.640. The Kier molecular flexibility index (Phi) is 8.16. The number of nitrogens with two attached hydrogens (primary N) is 1. The zero-order valence-electron chi connectivity index (χ0n) is 15.1. The minimum atomic E-state index is -3.85. The largest absolute Gasteiger partial charge is 0.494 e. The lowest BCUT2D eigenvalue weighted by molar-refractivity contribution is 0.0823. The first-order valence-corrected chi connectivity index (χ1v) is 9.83. The summed E-state index contributed by atoms with van der Waals surface area (Å²) in [6, 6.07) is 2.74. The van der Waals surface area contributed by atoms with Crippen LogP contribution < -0.4 is 10.5 Å². The second-order valence-corrected chi connectivity index (χ2v) is 8.63. The smallest absolute Gasteiger partial charge is 0.257 e. The van der Waals surface area contributed by atoms with Crippen molar-refractivity contribution < 1.29 is 17.9 Å². The molecule has 10 heteroatoms. The topological polar surface area (TPSA) is 92.9 Å². The zero-order chi connectivity index (χ0) is 18.8. The van der Waals surface area contributed by atoms with Gasteiger partial charge in [0.1, 0.15) is 4.90 Å². The first-order chi connectivity index (χ1) is 11.7. The Hall–Kier alpha value is -1.06. The molecule has 0 saturated carbocycles. The molecular formula is C16H25Cl2N3O4S. The Morgan fingerprint density at radius 2 is 2.08 bits per heavy atom. The number of carbonyl (C=O) groups is 1. The van der Waals surface area contributed by atoms with E-state index in [1.807, 2.05) is 0 Å². The Balaban J connectivity index is 0.00000338. The molecule has 148 valence electrons. The number of carbonyl (C=O) groups excluding carboxylic acids is 1. The Morgan fingerprint density at radius 3 is 2.62 bits per heavy atom. The van der Waals surface area contributed by atoms with E-state index in [9.17, 15) is 13.2 Å². The van der Waals surface area contributed by atoms with Gasteiger partial charge in [0.05, 0.1) is 12.7 Å². The maximum absolute atomic E-state index is 13.1. The van der Waals surface area contributed by atoms with Gasteiger partial charge in [0, 0.05) is 32.2 Å². The van der Waals surface area contributed by atoms with Gasteiger partial charge in [-0.3, -0.25) is 4.79 Å². The molecule has 1 heterocycles. The lowest BCUT2D eigenvalue weighted by atomic mass is 10.0. The van der Waals surface area contributed by atoms with E-state index in [-0.39, 0.29) is 45.5 Å². The second-order valence-electron chi connectivity index (χ2n) is 6.29. The van der Waals surface area contributed by atoms with Crippen molar-refractivity contribution in [3.63, 3.8) is 0 Å². The number of rotatable bonds is 5. The van der Waals surface area contributed by atoms with Crippen molar-refractivity contribution >= 4 is 39.9 Å². The van der Waals surface area contributed by atoms with E-state index >= 15 is 0 Å². The average molecular weight is 426 g/mol. The fourth-order valence-corrected chi connectivity index (χ4v) is 4.99. The molecule has 2 rings (SSSR count). The number of benzene rings is 1. The standard InChI is InChI=1S/C16H24ClN3O4S.ClH/c1-19(2)16(21)13-7-12(17)8-14(15(13)24-3)25(22,23)20-6-4-5-11(9-18)10-20;/h7-8,11H,4-6,9-10,18H2,1-3H3;1H. The normalized spacial score (nSPS) is 18.1. The predicted molar refractivity (Wildman–Crippen MR) is 104 cm³/mol. The van der Waals surface area contributed by atoms with E-state index in [1.165, 1.54) is 28.4 Å². The molecule has 0 aliphatic carbocycles. The summed E-state index contributed by atoms with van der Waals surface area (Å²) in [5.74, 6) is -0.246. The van der Waals surface area contributed by atoms with Crippen LogP contribution in [0.2, 0.25) is 5.02 Å². The van der Waals surface area contributed by atoms with E-state index in [2.05, 4.69) is 0 Å². The van der Waals surface area contributed by atoms with Crippen LogP contribution in [0.5, 0.6) is 5.75 Å². The summed E-state index contributed by atoms with van der Waals surface area (Å²) >= 11 is 6.10. The Labute approximate surface area is 165 Å². The molecule has 1 fully saturated rings. The molecule has 1 amide bonds. The maximum Gasteiger partial charge on any atom is 0.257 e. The van der Waals surface area contributed by atoms with Crippen LogP contribution in [-0.4, -0.2) is 64.4 Å². The van der Waals surface area contributed by atoms with E-state index in [1.54, 1.807) is 14.1 Å². The number of methoxy groups -OCH3 is 1. The van der Waals surface area contributed by atoms with Crippen LogP contribution in [-0.2, 0) is 10.0 Å². The van der Waals surface area contributed by atoms with Gasteiger partial charge < -0.3 is 15.4 Å². The monoisotopic (exact) mass is 425 g/mol. The number of piperidine rings is 1. The third-order valence-corrected chi connectivity index (χ3v) is 6.38. The van der Waals surface area contributed by atoms with Gasteiger partial charge in [-0.25, -0.2) is 8.42 Å². The van der Waals surface area contributed by atoms with Crippen molar-refractivity contribution in [1.82, 2.24) is 9.21 Å². The van der Waals surface area contributed by atoms with E-state index in [4.69, 9.17) is 22.1 Å². The van der Waals surface area contributed by atoms with Crippen molar-refractivity contribution in [1.29, 1.82) is 0 Å². The van der Waals surface area contributed by atoms with E-state index < -0.39 is 10.0 Å². The van der Waals surface area contributed by atoms with Crippen molar-refractivity contribution in [2.45, 2.75) is 17.7 Å². The summed E-state index contributed by atoms with van der Waals surface area (Å²) in [4.78, 5) is 13.6. The van der Waals surface area contributed by atoms with E-state index in [0.717, 1.165) is 12.8 Å². The lowest BCUT2D eigenvalue weighted by Gasteiger charge is -2.31. The molecule has 0 spiro atoms. The molecule has 1 atom stereocenters. The highest BCUT2D eigenvalue weighted by Crippen LogP contribution is 2.35. The molecular weight excluding hydrogens is 401 g/mol. The zero-order valence-corrected chi connectivity index (χ0v) is 17.5. The van der Waals surface area contributed by atoms with Gasteiger partial charge in [0.25, 0.3) is 5.91 Å². The minimum Gasteiger partial charge on any atom is -0.494 e. The van der Waals surface area contributed by atoms with Crippen LogP contribution in [0.1, 0.15) is 23.2 Å². The predicted octanol–water partition coefficient (Wildman–Crippen LogP) is 1.83. The Morgan fingerprint density at radius 1 is 1.42 bits per heavy atom. The molecule has 1 aromatic carbocycles. The molecule has 0 radical (unpaired) electrons. The summed E-state index contributed by atoms with van der Waals surface area (Å²) in [6.07, 6.45) is 1.65. The number of amides is 1. The van der Waals surface area contributed by atoms with Crippen LogP contribution in [0.15, 0.2) is 17.0 Å². The molecule has 26 heavy (non-hydrogen) atoms. The first-order valence-electron chi connectivity index (χ1n) is 8.01. The van der Waals surface area contributed by atoms with Crippen LogP contribution in [0.3, 0.4) is 0 Å². The van der Waals surface area contributed by atoms with Crippen LogP contribution in [0.4, 0.5) is 0 Å². The van der Waals surface area contributed by atoms with Gasteiger partial charge >= 0.3 is 0 Å². The molecule has 1 aliphatic rings. The first kappa shape index (κ1) is 23.0. The number of hydrogen-bond acceptors (Lipinski definition) is 5. The van der Waals surface area contributed by atoms with Crippen molar-refractivity contribution in [3.05, 3.63) is 22.7 Å². The van der Waals surface area contributed by atoms with Crippen LogP contribution in [0, 0.1) is 5.92 Å². The number of halogens is 2. The highest BCUT2D eigenvalue weighted by Gasteiger charge is 2.34. The number of hydrogen-bond donors (Lipinski definition) is 1. The van der Waals surface area contributed by atoms with Gasteiger partial charge in [-0.1, -0.05) is 11.6 Å². The maximum atomic E-state index is 13.1. The van der Waals surface area contributed by atoms with Gasteiger partial charge in [0.2, 0.25) is 10.0 Å². The molecule has 1 aliphatic heterocycles. The molecule has 1 saturated heterocycles. The highest BCUT2D eigenvalue weighted by molar-refractivity contribution is 7.89. The summed E-state index contributed by atoms with van der Waals surface area (Å²) in [5.41, 5.74) is 5.82. The number of nitrogens with zero attached hydrogens (tertiary/aromatic N) is 2. The van der Waals surface area contributed by atoms with Crippen molar-refractivity contribution in [2.24, 2.45) is 11.7 Å². The summed E-state index contributed by atoms with van der Waals surface area (Å²) < 4.78 is 33.0. The molecule has 0 aromatic heterocycles. The van der Waals surface area contributed by atoms with Gasteiger partial charge in [-0.15, -0.1) is 12.4 Å². The van der Waals surface area contributed by atoms with Gasteiger partial charge in [0.15, 0.2) is 5.75 Å². The third-order valence-electron chi connectivity index (χ3n) is 4.29. The van der Waals surface area contributed by atoms with Crippen LogP contribution >= 0.6 is 24.0 Å². The SMILES string of the molecule is COc1c(C(=O)N(C)C)cc(Cl)cc1S(=O)(=O)N1CCCC(CN)C1.Cl. The van der Waals surface area contributed by atoms with Crippen LogP contribution in [0.25, 0.3) is 0 Å². The van der Waals surface area contributed by atoms with Crippen molar-refractivity contribution in [3.8, 4) is 5.75 Å². The van der Waals surface area contributed by atoms with Gasteiger partial charge in [-0.2, -0.15) is 4.31 Å².